The fourth-order valence-electron chi connectivity index (χ4n) is 7.35. The minimum Gasteiger partial charge on any atom is -0.480 e. The van der Waals surface area contributed by atoms with Gasteiger partial charge in [0.25, 0.3) is 6.01 Å². The lowest BCUT2D eigenvalue weighted by Crippen LogP contribution is -2.43. The maximum absolute atomic E-state index is 13.1. The number of fused-ring (bicyclic) bond motifs is 12. The Morgan fingerprint density at radius 3 is 2.72 bits per heavy atom. The van der Waals surface area contributed by atoms with Gasteiger partial charge in [0, 0.05) is 50.4 Å². The van der Waals surface area contributed by atoms with E-state index in [0.717, 1.165) is 22.8 Å². The van der Waals surface area contributed by atoms with Crippen molar-refractivity contribution in [2.75, 3.05) is 37.7 Å². The van der Waals surface area contributed by atoms with E-state index >= 15 is 0 Å². The van der Waals surface area contributed by atoms with E-state index in [9.17, 15) is 14.7 Å². The Hall–Kier alpha value is -4.71. The Morgan fingerprint density at radius 1 is 1.00 bits per heavy atom. The summed E-state index contributed by atoms with van der Waals surface area (Å²) in [6, 6.07) is 15.2. The van der Waals surface area contributed by atoms with Gasteiger partial charge in [-0.3, -0.25) is 9.36 Å². The number of aromatic nitrogens is 4. The minimum atomic E-state index is -0.962. The summed E-state index contributed by atoms with van der Waals surface area (Å²) in [5, 5.41) is 11.3. The van der Waals surface area contributed by atoms with Crippen LogP contribution in [-0.4, -0.2) is 86.4 Å². The van der Waals surface area contributed by atoms with Crippen LogP contribution in [0, 0.1) is 5.92 Å². The Morgan fingerprint density at radius 2 is 1.85 bits per heavy atom. The molecule has 0 unspecified atom stereocenters. The summed E-state index contributed by atoms with van der Waals surface area (Å²) >= 11 is 0. The number of amides is 1. The number of carboxylic acid groups (broad SMARTS) is 1. The molecule has 12 nitrogen and oxygen atoms in total. The highest BCUT2D eigenvalue weighted by atomic mass is 16.5. The predicted molar refractivity (Wildman–Crippen MR) is 170 cm³/mol. The number of anilines is 1. The molecule has 2 saturated heterocycles. The number of aliphatic carboxylic acids is 1. The fraction of sp³-hybridized carbons (Fsp3) is 0.441. The fourth-order valence-corrected chi connectivity index (χ4v) is 7.35. The average Bonchev–Trinajstić information content (AvgIpc) is 3.75. The minimum absolute atomic E-state index is 0.0627. The van der Waals surface area contributed by atoms with Crippen LogP contribution in [0.2, 0.25) is 0 Å². The van der Waals surface area contributed by atoms with Gasteiger partial charge in [0.1, 0.15) is 29.1 Å². The first-order valence-corrected chi connectivity index (χ1v) is 16.1. The van der Waals surface area contributed by atoms with Gasteiger partial charge >= 0.3 is 5.97 Å². The summed E-state index contributed by atoms with van der Waals surface area (Å²) in [4.78, 5) is 44.2. The largest absolute Gasteiger partial charge is 0.480 e. The van der Waals surface area contributed by atoms with Gasteiger partial charge in [-0.2, -0.15) is 4.98 Å². The molecule has 4 atom stereocenters. The van der Waals surface area contributed by atoms with Crippen molar-refractivity contribution in [1.82, 2.24) is 24.4 Å². The summed E-state index contributed by atoms with van der Waals surface area (Å²) in [6.07, 6.45) is 2.02. The van der Waals surface area contributed by atoms with Crippen LogP contribution >= 0.6 is 0 Å². The molecule has 3 aromatic heterocycles. The van der Waals surface area contributed by atoms with Crippen LogP contribution in [0.15, 0.2) is 52.9 Å². The Kier molecular flexibility index (Phi) is 7.24. The molecule has 2 fully saturated rings. The molecular weight excluding hydrogens is 588 g/mol. The second-order valence-electron chi connectivity index (χ2n) is 12.6. The number of ether oxygens (including phenoxy) is 2. The van der Waals surface area contributed by atoms with E-state index in [1.807, 2.05) is 53.4 Å². The van der Waals surface area contributed by atoms with Crippen LogP contribution in [0.3, 0.4) is 0 Å². The number of imidazole rings is 1. The molecular formula is C34H36N6O6. The van der Waals surface area contributed by atoms with Crippen molar-refractivity contribution in [3.8, 4) is 6.01 Å². The number of furan rings is 1. The molecule has 2 aromatic carbocycles. The number of para-hydroxylation sites is 3. The molecule has 0 aliphatic carbocycles. The summed E-state index contributed by atoms with van der Waals surface area (Å²) in [5.74, 6) is 0.311. The number of carbonyl (C=O) groups excluding carboxylic acids is 1. The van der Waals surface area contributed by atoms with Gasteiger partial charge in [-0.25, -0.2) is 14.8 Å². The number of hydrogen-bond acceptors (Lipinski definition) is 9. The van der Waals surface area contributed by atoms with Crippen LogP contribution < -0.4 is 9.64 Å². The van der Waals surface area contributed by atoms with Crippen molar-refractivity contribution in [2.24, 2.45) is 5.92 Å². The molecule has 238 valence electrons. The van der Waals surface area contributed by atoms with Crippen molar-refractivity contribution in [3.05, 3.63) is 54.4 Å². The van der Waals surface area contributed by atoms with E-state index < -0.39 is 18.1 Å². The highest BCUT2D eigenvalue weighted by Gasteiger charge is 2.42. The van der Waals surface area contributed by atoms with Crippen molar-refractivity contribution >= 4 is 50.8 Å². The first-order chi connectivity index (χ1) is 22.4. The lowest BCUT2D eigenvalue weighted by atomic mass is 9.93. The molecule has 0 spiro atoms. The average molecular weight is 625 g/mol. The monoisotopic (exact) mass is 624 g/mol. The molecule has 5 aromatic rings. The maximum atomic E-state index is 13.1. The molecule has 0 radical (unpaired) electrons. The summed E-state index contributed by atoms with van der Waals surface area (Å²) in [5.41, 5.74) is 3.52. The third kappa shape index (κ3) is 5.00. The van der Waals surface area contributed by atoms with Crippen molar-refractivity contribution < 1.29 is 28.6 Å². The zero-order valence-corrected chi connectivity index (χ0v) is 25.7. The first-order valence-electron chi connectivity index (χ1n) is 16.1. The number of carboxylic acids is 1. The quantitative estimate of drug-likeness (QED) is 0.282. The first kappa shape index (κ1) is 28.7. The molecule has 4 aliphatic heterocycles. The lowest BCUT2D eigenvalue weighted by Gasteiger charge is -2.38. The summed E-state index contributed by atoms with van der Waals surface area (Å²) in [7, 11) is 0. The normalized spacial score (nSPS) is 24.4. The Bertz CT molecular complexity index is 1950. The van der Waals surface area contributed by atoms with Gasteiger partial charge in [-0.15, -0.1) is 0 Å². The Labute approximate surface area is 264 Å². The van der Waals surface area contributed by atoms with Gasteiger partial charge in [0.2, 0.25) is 5.91 Å². The van der Waals surface area contributed by atoms with E-state index in [-0.39, 0.29) is 30.8 Å². The maximum Gasteiger partial charge on any atom is 0.326 e. The van der Waals surface area contributed by atoms with Crippen LogP contribution in [0.5, 0.6) is 6.01 Å². The number of piperidine rings is 1. The zero-order valence-electron chi connectivity index (χ0n) is 25.7. The highest BCUT2D eigenvalue weighted by Crippen LogP contribution is 2.39. The van der Waals surface area contributed by atoms with Crippen molar-refractivity contribution in [2.45, 2.75) is 57.2 Å². The zero-order chi connectivity index (χ0) is 31.4. The van der Waals surface area contributed by atoms with Crippen LogP contribution in [0.1, 0.15) is 44.5 Å². The smallest absolute Gasteiger partial charge is 0.326 e. The number of benzene rings is 2. The molecule has 12 heteroatoms. The topological polar surface area (TPSA) is 136 Å². The standard InChI is InChI=1S/C34H36N6O6/c1-20-18-38-14-12-24(20)40-25-9-4-3-8-23(25)35-34(40)45-21-17-26(33(42)43)39(19-21)32-31-30(22-7-2-5-10-27(22)46-31)36-28(37-32)13-16-44-15-6-11-29(38)41/h2-5,7-10,20-21,24,26H,6,11-19H2,1H3,(H,42,43)/t20-,21-,24-,26-/m0/s1. The van der Waals surface area contributed by atoms with E-state index in [2.05, 4.69) is 11.5 Å². The second kappa shape index (κ2) is 11.6. The van der Waals surface area contributed by atoms with Gasteiger partial charge in [-0.05, 0) is 43.0 Å². The van der Waals surface area contributed by atoms with Crippen LogP contribution in [-0.2, 0) is 20.7 Å². The number of hydrogen-bond donors (Lipinski definition) is 1. The molecule has 1 amide bonds. The summed E-state index contributed by atoms with van der Waals surface area (Å²) in [6.45, 7) is 4.58. The van der Waals surface area contributed by atoms with Gasteiger partial charge < -0.3 is 28.8 Å². The predicted octanol–water partition coefficient (Wildman–Crippen LogP) is 4.60. The van der Waals surface area contributed by atoms with Crippen LogP contribution in [0.25, 0.3) is 33.1 Å². The molecule has 7 heterocycles. The van der Waals surface area contributed by atoms with E-state index in [1.54, 1.807) is 4.90 Å². The molecule has 1 N–H and O–H groups in total. The second-order valence-corrected chi connectivity index (χ2v) is 12.6. The highest BCUT2D eigenvalue weighted by molar-refractivity contribution is 6.06. The third-order valence-corrected chi connectivity index (χ3v) is 9.60. The van der Waals surface area contributed by atoms with E-state index in [1.165, 1.54) is 0 Å². The van der Waals surface area contributed by atoms with Gasteiger partial charge in [0.15, 0.2) is 11.4 Å². The van der Waals surface area contributed by atoms with Crippen LogP contribution in [0.4, 0.5) is 5.82 Å². The van der Waals surface area contributed by atoms with E-state index in [4.69, 9.17) is 28.8 Å². The molecule has 9 rings (SSSR count). The number of carbonyl (C=O) groups is 2. The summed E-state index contributed by atoms with van der Waals surface area (Å²) < 4.78 is 21.0. The van der Waals surface area contributed by atoms with Crippen molar-refractivity contribution in [1.29, 1.82) is 0 Å². The van der Waals surface area contributed by atoms with Gasteiger partial charge in [0.05, 0.1) is 24.2 Å². The number of rotatable bonds is 1. The lowest BCUT2D eigenvalue weighted by molar-refractivity contribution is -0.138. The molecule has 46 heavy (non-hydrogen) atoms. The van der Waals surface area contributed by atoms with Crippen molar-refractivity contribution in [3.63, 3.8) is 0 Å². The SMILES string of the molecule is C[C@H]1CN2CC[C@@H]1n1c(nc3ccccc31)O[C@H]1C[C@@H](C(=O)O)N(C1)c1nc(nc3c1oc1ccccc13)CCOCCCC2=O. The Balaban J connectivity index is 1.23. The van der Waals surface area contributed by atoms with E-state index in [0.29, 0.717) is 79.9 Å². The molecule has 6 bridgehead atoms. The third-order valence-electron chi connectivity index (χ3n) is 9.60. The number of nitrogens with zero attached hydrogens (tertiary/aromatic N) is 6. The molecule has 4 aliphatic rings. The van der Waals surface area contributed by atoms with Gasteiger partial charge in [-0.1, -0.05) is 31.2 Å². The molecule has 0 saturated carbocycles.